The second-order valence-corrected chi connectivity index (χ2v) is 17.3. The zero-order chi connectivity index (χ0) is 44.0. The number of methoxy groups -OCH3 is 2. The minimum atomic E-state index is -0.758. The Kier molecular flexibility index (Phi) is 19.9. The molecule has 15 nitrogen and oxygen atoms in total. The number of amides is 4. The van der Waals surface area contributed by atoms with Crippen molar-refractivity contribution in [1.82, 2.24) is 45.6 Å². The summed E-state index contributed by atoms with van der Waals surface area (Å²) in [5.74, 6) is -1.42. The van der Waals surface area contributed by atoms with Crippen LogP contribution in [0.1, 0.15) is 85.4 Å². The van der Waals surface area contributed by atoms with Crippen molar-refractivity contribution in [3.05, 3.63) is 47.8 Å². The summed E-state index contributed by atoms with van der Waals surface area (Å²) in [6, 6.07) is 7.81. The van der Waals surface area contributed by atoms with E-state index in [1.807, 2.05) is 102 Å². The van der Waals surface area contributed by atoms with E-state index in [0.29, 0.717) is 32.5 Å². The fourth-order valence-electron chi connectivity index (χ4n) is 8.72. The van der Waals surface area contributed by atoms with Crippen molar-refractivity contribution in [2.45, 2.75) is 136 Å². The normalized spacial score (nSPS) is 18.6. The number of carbonyl (C=O) groups is 4. The predicted octanol–water partition coefficient (Wildman–Crippen LogP) is 3.37. The first-order valence-corrected chi connectivity index (χ1v) is 21.5. The van der Waals surface area contributed by atoms with E-state index < -0.39 is 36.3 Å². The van der Waals surface area contributed by atoms with E-state index in [2.05, 4.69) is 40.1 Å². The number of likely N-dealkylation sites (tertiary alicyclic amines) is 1. The Morgan fingerprint density at radius 2 is 1.61 bits per heavy atom. The van der Waals surface area contributed by atoms with Crippen LogP contribution in [0.15, 0.2) is 36.5 Å². The van der Waals surface area contributed by atoms with Crippen molar-refractivity contribution in [3.8, 4) is 0 Å². The summed E-state index contributed by atoms with van der Waals surface area (Å²) in [7, 11) is 10.5. The van der Waals surface area contributed by atoms with E-state index in [1.165, 1.54) is 0 Å². The van der Waals surface area contributed by atoms with E-state index in [9.17, 15) is 19.2 Å². The summed E-state index contributed by atoms with van der Waals surface area (Å²) >= 11 is 0. The van der Waals surface area contributed by atoms with Gasteiger partial charge in [-0.1, -0.05) is 90.4 Å². The Balaban J connectivity index is 1.80. The fraction of sp³-hybridized carbons (Fsp3) is 0.727. The molecule has 332 valence electrons. The Bertz CT molecular complexity index is 1600. The summed E-state index contributed by atoms with van der Waals surface area (Å²) < 4.78 is 13.9. The monoisotopic (exact) mass is 826 g/mol. The van der Waals surface area contributed by atoms with Crippen LogP contribution in [0, 0.1) is 23.7 Å². The summed E-state index contributed by atoms with van der Waals surface area (Å²) in [6.45, 7) is 15.3. The summed E-state index contributed by atoms with van der Waals surface area (Å²) in [5, 5.41) is 18.0. The Morgan fingerprint density at radius 3 is 2.17 bits per heavy atom. The number of aromatic nitrogens is 3. The van der Waals surface area contributed by atoms with Crippen molar-refractivity contribution in [1.29, 1.82) is 0 Å². The smallest absolute Gasteiger partial charge is 0.245 e. The van der Waals surface area contributed by atoms with Gasteiger partial charge in [-0.15, -0.1) is 5.10 Å². The molecule has 3 rings (SSSR count). The standard InChI is InChI=1S/C44H75N9O6/c1-14-30(6)40(51(11)44(57)38(28(2)3)47-43(56)39(29(4)5)50(9)10)36(58-12)24-37(54)53-22-18-21-35(53)41(59-13)31(7)42(55)46-33(23-32-19-16-15-17-20-32)26-52-27-34(25-45-8)48-49-52/h15-17,19-20,27-31,33,35-36,38-41,45H,14,18,21-26H2,1-13H3,(H,46,55)(H,47,56)/t30-,31?,33+,35-,36?,38-,39-,40-,41-/m0/s1. The summed E-state index contributed by atoms with van der Waals surface area (Å²) in [4.78, 5) is 61.6. The third-order valence-corrected chi connectivity index (χ3v) is 12.0. The fourth-order valence-corrected chi connectivity index (χ4v) is 8.72. The van der Waals surface area contributed by atoms with Crippen molar-refractivity contribution < 1.29 is 28.7 Å². The first kappa shape index (κ1) is 49.4. The van der Waals surface area contributed by atoms with Crippen LogP contribution in [0.3, 0.4) is 0 Å². The molecule has 1 saturated heterocycles. The molecule has 9 atom stereocenters. The second kappa shape index (κ2) is 23.8. The molecule has 3 N–H and O–H groups in total. The van der Waals surface area contributed by atoms with Gasteiger partial charge in [0.25, 0.3) is 0 Å². The van der Waals surface area contributed by atoms with Gasteiger partial charge in [-0.3, -0.25) is 28.8 Å². The number of hydrogen-bond donors (Lipinski definition) is 3. The molecule has 1 aliphatic rings. The Hall–Kier alpha value is -3.92. The topological polar surface area (TPSA) is 163 Å². The predicted molar refractivity (Wildman–Crippen MR) is 230 cm³/mol. The molecule has 1 aromatic carbocycles. The largest absolute Gasteiger partial charge is 0.379 e. The molecule has 1 aromatic heterocycles. The molecule has 0 saturated carbocycles. The van der Waals surface area contributed by atoms with Gasteiger partial charge >= 0.3 is 0 Å². The number of carbonyl (C=O) groups excluding carboxylic acids is 4. The highest BCUT2D eigenvalue weighted by molar-refractivity contribution is 5.90. The quantitative estimate of drug-likeness (QED) is 0.143. The lowest BCUT2D eigenvalue weighted by molar-refractivity contribution is -0.148. The van der Waals surface area contributed by atoms with Crippen LogP contribution in [0.4, 0.5) is 0 Å². The van der Waals surface area contributed by atoms with Crippen LogP contribution in [0.5, 0.6) is 0 Å². The lowest BCUT2D eigenvalue weighted by Gasteiger charge is -2.41. The third-order valence-electron chi connectivity index (χ3n) is 12.0. The summed E-state index contributed by atoms with van der Waals surface area (Å²) in [5.41, 5.74) is 1.89. The van der Waals surface area contributed by atoms with Gasteiger partial charge < -0.3 is 35.2 Å². The molecule has 2 aromatic rings. The number of likely N-dealkylation sites (N-methyl/N-ethyl adjacent to an activating group) is 2. The third kappa shape index (κ3) is 13.5. The lowest BCUT2D eigenvalue weighted by Crippen LogP contribution is -2.59. The number of nitrogens with zero attached hydrogens (tertiary/aromatic N) is 6. The summed E-state index contributed by atoms with van der Waals surface area (Å²) in [6.07, 6.45) is 3.54. The van der Waals surface area contributed by atoms with E-state index in [-0.39, 0.29) is 59.9 Å². The Morgan fingerprint density at radius 1 is 0.932 bits per heavy atom. The van der Waals surface area contributed by atoms with Crippen LogP contribution in [-0.2, 0) is 48.2 Å². The van der Waals surface area contributed by atoms with Gasteiger partial charge in [-0.05, 0) is 63.7 Å². The van der Waals surface area contributed by atoms with Crippen molar-refractivity contribution in [2.24, 2.45) is 23.7 Å². The zero-order valence-corrected chi connectivity index (χ0v) is 38.1. The van der Waals surface area contributed by atoms with Crippen molar-refractivity contribution >= 4 is 23.6 Å². The molecule has 0 radical (unpaired) electrons. The van der Waals surface area contributed by atoms with E-state index in [1.54, 1.807) is 30.8 Å². The number of nitrogens with one attached hydrogen (secondary N) is 3. The van der Waals surface area contributed by atoms with Crippen LogP contribution in [-0.4, -0.2) is 145 Å². The Labute approximate surface area is 353 Å². The first-order valence-electron chi connectivity index (χ1n) is 21.5. The van der Waals surface area contributed by atoms with Gasteiger partial charge in [0.1, 0.15) is 6.04 Å². The molecule has 59 heavy (non-hydrogen) atoms. The second-order valence-electron chi connectivity index (χ2n) is 17.3. The van der Waals surface area contributed by atoms with Crippen LogP contribution in [0.25, 0.3) is 0 Å². The maximum absolute atomic E-state index is 14.4. The molecule has 2 unspecified atom stereocenters. The molecule has 0 spiro atoms. The van der Waals surface area contributed by atoms with Crippen LogP contribution < -0.4 is 16.0 Å². The van der Waals surface area contributed by atoms with E-state index >= 15 is 0 Å². The zero-order valence-electron chi connectivity index (χ0n) is 38.1. The minimum Gasteiger partial charge on any atom is -0.379 e. The first-order chi connectivity index (χ1) is 28.0. The molecule has 15 heteroatoms. The van der Waals surface area contributed by atoms with E-state index in [4.69, 9.17) is 9.47 Å². The molecule has 2 heterocycles. The molecule has 0 bridgehead atoms. The van der Waals surface area contributed by atoms with E-state index in [0.717, 1.165) is 24.1 Å². The minimum absolute atomic E-state index is 0.0172. The average molecular weight is 826 g/mol. The van der Waals surface area contributed by atoms with Gasteiger partial charge in [-0.2, -0.15) is 0 Å². The number of ether oxygens (including phenoxy) is 2. The van der Waals surface area contributed by atoms with Crippen LogP contribution in [0.2, 0.25) is 0 Å². The van der Waals surface area contributed by atoms with Gasteiger partial charge in [-0.25, -0.2) is 0 Å². The van der Waals surface area contributed by atoms with Gasteiger partial charge in [0.15, 0.2) is 0 Å². The van der Waals surface area contributed by atoms with Crippen LogP contribution >= 0.6 is 0 Å². The number of hydrogen-bond acceptors (Lipinski definition) is 10. The van der Waals surface area contributed by atoms with Gasteiger partial charge in [0.2, 0.25) is 23.6 Å². The SMILES string of the molecule is CC[C@H](C)[C@@H](C(CC(=O)N1CCC[C@H]1[C@@H](OC)C(C)C(=O)N[C@H](Cc1ccccc1)Cn1cc(CNC)nn1)OC)N(C)C(=O)[C@@H](NC(=O)[C@H](C(C)C)N(C)C)C(C)C. The molecule has 1 fully saturated rings. The highest BCUT2D eigenvalue weighted by atomic mass is 16.5. The highest BCUT2D eigenvalue weighted by Gasteiger charge is 2.43. The number of benzene rings is 1. The molecular formula is C44H75N9O6. The maximum atomic E-state index is 14.4. The van der Waals surface area contributed by atoms with Gasteiger partial charge in [0, 0.05) is 40.6 Å². The lowest BCUT2D eigenvalue weighted by atomic mass is 9.89. The molecular weight excluding hydrogens is 751 g/mol. The molecule has 1 aliphatic heterocycles. The highest BCUT2D eigenvalue weighted by Crippen LogP contribution is 2.30. The van der Waals surface area contributed by atoms with Crippen molar-refractivity contribution in [2.75, 3.05) is 49.0 Å². The maximum Gasteiger partial charge on any atom is 0.245 e. The average Bonchev–Trinajstić information content (AvgIpc) is 3.86. The molecule has 0 aliphatic carbocycles. The molecule has 4 amide bonds. The van der Waals surface area contributed by atoms with Gasteiger partial charge in [0.05, 0.1) is 61.0 Å². The number of rotatable bonds is 24. The van der Waals surface area contributed by atoms with Crippen molar-refractivity contribution in [3.63, 3.8) is 0 Å².